The Morgan fingerprint density at radius 3 is 2.62 bits per heavy atom. The molecule has 0 bridgehead atoms. The number of anilines is 1. The van der Waals surface area contributed by atoms with E-state index in [4.69, 9.17) is 4.74 Å². The van der Waals surface area contributed by atoms with Crippen LogP contribution in [0.3, 0.4) is 0 Å². The molecule has 1 N–H and O–H groups in total. The number of amides is 1. The molecule has 0 aliphatic carbocycles. The van der Waals surface area contributed by atoms with Gasteiger partial charge in [0.25, 0.3) is 0 Å². The molecule has 0 aromatic heterocycles. The molecule has 2 rings (SSSR count). The van der Waals surface area contributed by atoms with Gasteiger partial charge in [-0.25, -0.2) is 4.79 Å². The minimum absolute atomic E-state index is 0.340. The van der Waals surface area contributed by atoms with E-state index in [-0.39, 0.29) is 0 Å². The van der Waals surface area contributed by atoms with E-state index in [1.165, 1.54) is 18.2 Å². The lowest BCUT2D eigenvalue weighted by atomic mass is 10.0. The van der Waals surface area contributed by atoms with Crippen LogP contribution in [0.5, 0.6) is 5.75 Å². The number of hydrogen-bond donors (Lipinski definition) is 1. The summed E-state index contributed by atoms with van der Waals surface area (Å²) in [6.45, 7) is 6.62. The molecular formula is C19H22BrNO3. The van der Waals surface area contributed by atoms with Gasteiger partial charge in [-0.05, 0) is 55.2 Å². The Morgan fingerprint density at radius 2 is 1.96 bits per heavy atom. The zero-order chi connectivity index (χ0) is 17.7. The molecule has 0 radical (unpaired) electrons. The SMILES string of the molecule is CCc1cc(C)c(OCc2c(Br)cccc2NC(=O)OC)cc1C. The second kappa shape index (κ2) is 8.20. The van der Waals surface area contributed by atoms with Crippen molar-refractivity contribution in [2.24, 2.45) is 0 Å². The topological polar surface area (TPSA) is 47.6 Å². The second-order valence-corrected chi connectivity index (χ2v) is 6.42. The molecule has 128 valence electrons. The van der Waals surface area contributed by atoms with Crippen LogP contribution in [0.1, 0.15) is 29.2 Å². The molecule has 2 aromatic carbocycles. The Labute approximate surface area is 151 Å². The minimum atomic E-state index is -0.506. The van der Waals surface area contributed by atoms with Crippen LogP contribution in [0.25, 0.3) is 0 Å². The molecule has 5 heteroatoms. The Bertz CT molecular complexity index is 744. The van der Waals surface area contributed by atoms with Crippen LogP contribution in [0.2, 0.25) is 0 Å². The zero-order valence-electron chi connectivity index (χ0n) is 14.4. The minimum Gasteiger partial charge on any atom is -0.489 e. The number of benzene rings is 2. The Balaban J connectivity index is 2.23. The third-order valence-corrected chi connectivity index (χ3v) is 4.67. The number of halogens is 1. The van der Waals surface area contributed by atoms with Gasteiger partial charge in [-0.3, -0.25) is 5.32 Å². The number of carbonyl (C=O) groups excluding carboxylic acids is 1. The third kappa shape index (κ3) is 4.29. The lowest BCUT2D eigenvalue weighted by molar-refractivity contribution is 0.187. The summed E-state index contributed by atoms with van der Waals surface area (Å²) in [5.41, 5.74) is 5.18. The molecule has 0 aliphatic rings. The molecule has 0 heterocycles. The van der Waals surface area contributed by atoms with Gasteiger partial charge in [0.05, 0.1) is 12.8 Å². The fraction of sp³-hybridized carbons (Fsp3) is 0.316. The average molecular weight is 392 g/mol. The molecule has 0 atom stereocenters. The molecule has 2 aromatic rings. The Hall–Kier alpha value is -2.01. The van der Waals surface area contributed by atoms with Gasteiger partial charge in [0.1, 0.15) is 12.4 Å². The number of carbonyl (C=O) groups is 1. The second-order valence-electron chi connectivity index (χ2n) is 5.57. The van der Waals surface area contributed by atoms with Crippen molar-refractivity contribution in [3.8, 4) is 5.75 Å². The number of ether oxygens (including phenoxy) is 2. The highest BCUT2D eigenvalue weighted by Crippen LogP contribution is 2.29. The molecule has 0 saturated carbocycles. The van der Waals surface area contributed by atoms with Crippen LogP contribution in [-0.4, -0.2) is 13.2 Å². The molecule has 1 amide bonds. The van der Waals surface area contributed by atoms with Gasteiger partial charge in [0, 0.05) is 10.0 Å². The van der Waals surface area contributed by atoms with E-state index >= 15 is 0 Å². The van der Waals surface area contributed by atoms with Crippen molar-refractivity contribution in [3.63, 3.8) is 0 Å². The van der Waals surface area contributed by atoms with Gasteiger partial charge in [0.2, 0.25) is 0 Å². The number of aryl methyl sites for hydroxylation is 3. The quantitative estimate of drug-likeness (QED) is 0.743. The van der Waals surface area contributed by atoms with E-state index in [1.807, 2.05) is 25.1 Å². The smallest absolute Gasteiger partial charge is 0.411 e. The van der Waals surface area contributed by atoms with Crippen LogP contribution in [0, 0.1) is 13.8 Å². The van der Waals surface area contributed by atoms with Gasteiger partial charge >= 0.3 is 6.09 Å². The first-order valence-corrected chi connectivity index (χ1v) is 8.60. The Morgan fingerprint density at radius 1 is 1.21 bits per heavy atom. The van der Waals surface area contributed by atoms with Crippen LogP contribution in [-0.2, 0) is 17.8 Å². The molecule has 0 spiro atoms. The van der Waals surface area contributed by atoms with E-state index in [0.717, 1.165) is 27.8 Å². The normalized spacial score (nSPS) is 10.4. The number of rotatable bonds is 5. The maximum atomic E-state index is 11.5. The van der Waals surface area contributed by atoms with E-state index in [9.17, 15) is 4.79 Å². The van der Waals surface area contributed by atoms with Crippen molar-refractivity contribution >= 4 is 27.7 Å². The molecule has 0 unspecified atom stereocenters. The van der Waals surface area contributed by atoms with Gasteiger partial charge in [0.15, 0.2) is 0 Å². The maximum absolute atomic E-state index is 11.5. The summed E-state index contributed by atoms with van der Waals surface area (Å²) >= 11 is 3.52. The average Bonchev–Trinajstić information content (AvgIpc) is 2.56. The summed E-state index contributed by atoms with van der Waals surface area (Å²) in [6, 6.07) is 9.82. The molecule has 24 heavy (non-hydrogen) atoms. The fourth-order valence-corrected chi connectivity index (χ4v) is 3.00. The molecule has 0 saturated heterocycles. The van der Waals surface area contributed by atoms with Crippen LogP contribution < -0.4 is 10.1 Å². The van der Waals surface area contributed by atoms with E-state index < -0.39 is 6.09 Å². The molecule has 4 nitrogen and oxygen atoms in total. The summed E-state index contributed by atoms with van der Waals surface area (Å²) in [4.78, 5) is 11.5. The van der Waals surface area contributed by atoms with E-state index in [2.05, 4.69) is 52.0 Å². The predicted octanol–water partition coefficient (Wildman–Crippen LogP) is 5.39. The third-order valence-electron chi connectivity index (χ3n) is 3.93. The van der Waals surface area contributed by atoms with Crippen LogP contribution in [0.15, 0.2) is 34.8 Å². The van der Waals surface area contributed by atoms with Crippen molar-refractivity contribution < 1.29 is 14.3 Å². The van der Waals surface area contributed by atoms with Crippen molar-refractivity contribution in [2.45, 2.75) is 33.8 Å². The van der Waals surface area contributed by atoms with Crippen molar-refractivity contribution in [1.82, 2.24) is 0 Å². The van der Waals surface area contributed by atoms with Gasteiger partial charge in [-0.2, -0.15) is 0 Å². The summed E-state index contributed by atoms with van der Waals surface area (Å²) in [5.74, 6) is 0.851. The van der Waals surface area contributed by atoms with Crippen molar-refractivity contribution in [2.75, 3.05) is 12.4 Å². The highest BCUT2D eigenvalue weighted by Gasteiger charge is 2.12. The standard InChI is InChI=1S/C19H22BrNO3/c1-5-14-9-13(3)18(10-12(14)2)24-11-15-16(20)7-6-8-17(15)21-19(22)23-4/h6-10H,5,11H2,1-4H3,(H,21,22). The maximum Gasteiger partial charge on any atom is 0.411 e. The lowest BCUT2D eigenvalue weighted by Gasteiger charge is -2.16. The number of hydrogen-bond acceptors (Lipinski definition) is 3. The first-order chi connectivity index (χ1) is 11.5. The molecular weight excluding hydrogens is 370 g/mol. The first kappa shape index (κ1) is 18.3. The van der Waals surface area contributed by atoms with Crippen molar-refractivity contribution in [1.29, 1.82) is 0 Å². The van der Waals surface area contributed by atoms with Gasteiger partial charge < -0.3 is 9.47 Å². The number of nitrogens with one attached hydrogen (secondary N) is 1. The predicted molar refractivity (Wildman–Crippen MR) is 99.8 cm³/mol. The lowest BCUT2D eigenvalue weighted by Crippen LogP contribution is -2.13. The van der Waals surface area contributed by atoms with Crippen LogP contribution in [0.4, 0.5) is 10.5 Å². The fourth-order valence-electron chi connectivity index (χ4n) is 2.52. The Kier molecular flexibility index (Phi) is 6.26. The summed E-state index contributed by atoms with van der Waals surface area (Å²) in [7, 11) is 1.34. The largest absolute Gasteiger partial charge is 0.489 e. The van der Waals surface area contributed by atoms with E-state index in [1.54, 1.807) is 0 Å². The van der Waals surface area contributed by atoms with Crippen molar-refractivity contribution in [3.05, 3.63) is 57.1 Å². The van der Waals surface area contributed by atoms with Crippen LogP contribution >= 0.6 is 15.9 Å². The van der Waals surface area contributed by atoms with Gasteiger partial charge in [-0.1, -0.05) is 35.0 Å². The van der Waals surface area contributed by atoms with Gasteiger partial charge in [-0.15, -0.1) is 0 Å². The zero-order valence-corrected chi connectivity index (χ0v) is 16.0. The number of methoxy groups -OCH3 is 1. The highest BCUT2D eigenvalue weighted by molar-refractivity contribution is 9.10. The first-order valence-electron chi connectivity index (χ1n) is 7.81. The molecule has 0 aliphatic heterocycles. The monoisotopic (exact) mass is 391 g/mol. The van der Waals surface area contributed by atoms with E-state index in [0.29, 0.717) is 12.3 Å². The summed E-state index contributed by atoms with van der Waals surface area (Å²) in [6.07, 6.45) is 0.498. The highest BCUT2D eigenvalue weighted by atomic mass is 79.9. The molecule has 0 fully saturated rings. The summed E-state index contributed by atoms with van der Waals surface area (Å²) in [5, 5.41) is 2.71. The summed E-state index contributed by atoms with van der Waals surface area (Å²) < 4.78 is 11.6.